The Kier molecular flexibility index (Phi) is 7.54. The number of methoxy groups -OCH3 is 2. The van der Waals surface area contributed by atoms with Gasteiger partial charge in [-0.3, -0.25) is 0 Å². The molecule has 0 radical (unpaired) electrons. The topological polar surface area (TPSA) is 59.0 Å². The molecule has 124 valence electrons. The molecule has 7 heteroatoms. The molecule has 0 spiro atoms. The van der Waals surface area contributed by atoms with E-state index in [0.29, 0.717) is 23.6 Å². The predicted octanol–water partition coefficient (Wildman–Crippen LogP) is 3.02. The summed E-state index contributed by atoms with van der Waals surface area (Å²) in [4.78, 5) is 4.45. The van der Waals surface area contributed by atoms with Crippen LogP contribution in [0.4, 0.5) is 0 Å². The molecule has 1 saturated heterocycles. The molecule has 0 N–H and O–H groups in total. The molecule has 1 aromatic rings. The second kappa shape index (κ2) is 9.42. The molecule has 2 heterocycles. The minimum absolute atomic E-state index is 0.135. The van der Waals surface area contributed by atoms with Crippen LogP contribution < -0.4 is 4.74 Å². The lowest BCUT2D eigenvalue weighted by molar-refractivity contribution is -0.169. The van der Waals surface area contributed by atoms with Gasteiger partial charge in [0.1, 0.15) is 4.60 Å². The molecule has 22 heavy (non-hydrogen) atoms. The molecule has 2 rings (SSSR count). The molecule has 6 nitrogen and oxygen atoms in total. The molecule has 0 aromatic carbocycles. The Bertz CT molecular complexity index is 465. The van der Waals surface area contributed by atoms with Gasteiger partial charge in [-0.2, -0.15) is 0 Å². The number of nitrogens with zero attached hydrogens (tertiary/aromatic N) is 1. The first-order valence-corrected chi connectivity index (χ1v) is 8.06. The van der Waals surface area contributed by atoms with Gasteiger partial charge in [-0.05, 0) is 41.3 Å². The van der Waals surface area contributed by atoms with Crippen LogP contribution in [0.5, 0.6) is 5.75 Å². The molecule has 1 aliphatic rings. The maximum absolute atomic E-state index is 5.77. The van der Waals surface area contributed by atoms with Gasteiger partial charge in [0.25, 0.3) is 0 Å². The van der Waals surface area contributed by atoms with E-state index in [1.807, 2.05) is 6.07 Å². The third-order valence-corrected chi connectivity index (χ3v) is 3.78. The summed E-state index contributed by atoms with van der Waals surface area (Å²) in [5.41, 5.74) is 1.70. The SMILES string of the molecule is COCOc1c(COC)cc(COC2CCCCO2)nc1Br. The van der Waals surface area contributed by atoms with Crippen LogP contribution in [0, 0.1) is 0 Å². The van der Waals surface area contributed by atoms with Crippen LogP contribution >= 0.6 is 15.9 Å². The van der Waals surface area contributed by atoms with E-state index in [9.17, 15) is 0 Å². The molecular weight excluding hydrogens is 354 g/mol. The van der Waals surface area contributed by atoms with Crippen molar-refractivity contribution in [2.75, 3.05) is 27.6 Å². The smallest absolute Gasteiger partial charge is 0.188 e. The molecule has 0 amide bonds. The molecule has 1 aromatic heterocycles. The summed E-state index contributed by atoms with van der Waals surface area (Å²) >= 11 is 3.43. The average molecular weight is 376 g/mol. The van der Waals surface area contributed by atoms with Gasteiger partial charge in [-0.15, -0.1) is 0 Å². The van der Waals surface area contributed by atoms with Crippen molar-refractivity contribution >= 4 is 15.9 Å². The first kappa shape index (κ1) is 17.6. The van der Waals surface area contributed by atoms with E-state index in [0.717, 1.165) is 37.1 Å². The highest BCUT2D eigenvalue weighted by molar-refractivity contribution is 9.10. The largest absolute Gasteiger partial charge is 0.464 e. The number of rotatable bonds is 8. The highest BCUT2D eigenvalue weighted by atomic mass is 79.9. The lowest BCUT2D eigenvalue weighted by atomic mass is 10.2. The second-order valence-electron chi connectivity index (χ2n) is 4.98. The van der Waals surface area contributed by atoms with E-state index >= 15 is 0 Å². The summed E-state index contributed by atoms with van der Waals surface area (Å²) in [6.45, 7) is 1.74. The van der Waals surface area contributed by atoms with Gasteiger partial charge in [0.2, 0.25) is 0 Å². The predicted molar refractivity (Wildman–Crippen MR) is 83.5 cm³/mol. The standard InChI is InChI=1S/C15H22BrNO5/c1-18-8-11-7-12(9-21-13-5-3-4-6-20-13)17-15(16)14(11)22-10-19-2/h7,13H,3-6,8-10H2,1-2H3. The van der Waals surface area contributed by atoms with Crippen molar-refractivity contribution in [1.82, 2.24) is 4.98 Å². The van der Waals surface area contributed by atoms with Crippen LogP contribution in [0.3, 0.4) is 0 Å². The Hall–Kier alpha value is -0.730. The minimum Gasteiger partial charge on any atom is -0.464 e. The Morgan fingerprint density at radius 1 is 1.27 bits per heavy atom. The molecule has 1 atom stereocenters. The van der Waals surface area contributed by atoms with Gasteiger partial charge < -0.3 is 23.7 Å². The Morgan fingerprint density at radius 3 is 2.82 bits per heavy atom. The quantitative estimate of drug-likeness (QED) is 0.514. The molecule has 0 bridgehead atoms. The van der Waals surface area contributed by atoms with Gasteiger partial charge >= 0.3 is 0 Å². The number of ether oxygens (including phenoxy) is 5. The van der Waals surface area contributed by atoms with Crippen molar-refractivity contribution in [3.8, 4) is 5.75 Å². The number of halogens is 1. The summed E-state index contributed by atoms with van der Waals surface area (Å²) in [6, 6.07) is 1.92. The first-order valence-electron chi connectivity index (χ1n) is 7.26. The van der Waals surface area contributed by atoms with Gasteiger partial charge in [-0.1, -0.05) is 0 Å². The molecule has 0 saturated carbocycles. The van der Waals surface area contributed by atoms with Crippen LogP contribution in [0.2, 0.25) is 0 Å². The summed E-state index contributed by atoms with van der Waals surface area (Å²) < 4.78 is 27.6. The number of hydrogen-bond donors (Lipinski definition) is 0. The van der Waals surface area contributed by atoms with Gasteiger partial charge in [-0.25, -0.2) is 4.98 Å². The molecular formula is C15H22BrNO5. The molecule has 1 fully saturated rings. The average Bonchev–Trinajstić information content (AvgIpc) is 2.53. The summed E-state index contributed by atoms with van der Waals surface area (Å²) in [5, 5.41) is 0. The van der Waals surface area contributed by atoms with E-state index in [-0.39, 0.29) is 13.1 Å². The van der Waals surface area contributed by atoms with Crippen LogP contribution in [0.1, 0.15) is 30.5 Å². The van der Waals surface area contributed by atoms with Gasteiger partial charge in [0.15, 0.2) is 18.8 Å². The fraction of sp³-hybridized carbons (Fsp3) is 0.667. The van der Waals surface area contributed by atoms with E-state index in [4.69, 9.17) is 23.7 Å². The van der Waals surface area contributed by atoms with Crippen LogP contribution in [0.25, 0.3) is 0 Å². The van der Waals surface area contributed by atoms with Gasteiger partial charge in [0.05, 0.1) is 18.9 Å². The van der Waals surface area contributed by atoms with Crippen molar-refractivity contribution in [2.45, 2.75) is 38.8 Å². The number of aromatic nitrogens is 1. The fourth-order valence-corrected chi connectivity index (χ4v) is 2.83. The second-order valence-corrected chi connectivity index (χ2v) is 5.73. The van der Waals surface area contributed by atoms with Crippen molar-refractivity contribution in [1.29, 1.82) is 0 Å². The molecule has 1 aliphatic heterocycles. The van der Waals surface area contributed by atoms with Gasteiger partial charge in [0, 0.05) is 26.4 Å². The zero-order valence-electron chi connectivity index (χ0n) is 13.0. The van der Waals surface area contributed by atoms with E-state index in [1.54, 1.807) is 14.2 Å². The highest BCUT2D eigenvalue weighted by Gasteiger charge is 2.16. The highest BCUT2D eigenvalue weighted by Crippen LogP contribution is 2.29. The normalized spacial score (nSPS) is 18.4. The first-order chi connectivity index (χ1) is 10.7. The third kappa shape index (κ3) is 5.17. The van der Waals surface area contributed by atoms with Crippen LogP contribution in [-0.2, 0) is 32.2 Å². The monoisotopic (exact) mass is 375 g/mol. The van der Waals surface area contributed by atoms with E-state index < -0.39 is 0 Å². The van der Waals surface area contributed by atoms with Crippen molar-refractivity contribution < 1.29 is 23.7 Å². The fourth-order valence-electron chi connectivity index (χ4n) is 2.24. The van der Waals surface area contributed by atoms with Crippen molar-refractivity contribution in [2.24, 2.45) is 0 Å². The zero-order valence-corrected chi connectivity index (χ0v) is 14.6. The number of hydrogen-bond acceptors (Lipinski definition) is 6. The molecule has 0 aliphatic carbocycles. The zero-order chi connectivity index (χ0) is 15.8. The number of pyridine rings is 1. The summed E-state index contributed by atoms with van der Waals surface area (Å²) in [6.07, 6.45) is 3.04. The van der Waals surface area contributed by atoms with Crippen LogP contribution in [0.15, 0.2) is 10.7 Å². The Morgan fingerprint density at radius 2 is 2.14 bits per heavy atom. The lowest BCUT2D eigenvalue weighted by Crippen LogP contribution is -2.22. The summed E-state index contributed by atoms with van der Waals surface area (Å²) in [5.74, 6) is 0.626. The third-order valence-electron chi connectivity index (χ3n) is 3.24. The Labute approximate surface area is 139 Å². The van der Waals surface area contributed by atoms with Crippen molar-refractivity contribution in [3.05, 3.63) is 21.9 Å². The molecule has 1 unspecified atom stereocenters. The minimum atomic E-state index is -0.135. The van der Waals surface area contributed by atoms with E-state index in [2.05, 4.69) is 20.9 Å². The summed E-state index contributed by atoms with van der Waals surface area (Å²) in [7, 11) is 3.21. The lowest BCUT2D eigenvalue weighted by Gasteiger charge is -2.22. The maximum Gasteiger partial charge on any atom is 0.188 e. The van der Waals surface area contributed by atoms with E-state index in [1.165, 1.54) is 0 Å². The Balaban J connectivity index is 2.04. The van der Waals surface area contributed by atoms with Crippen LogP contribution in [-0.4, -0.2) is 38.9 Å². The van der Waals surface area contributed by atoms with Crippen molar-refractivity contribution in [3.63, 3.8) is 0 Å². The maximum atomic E-state index is 5.77.